The molecule has 0 spiro atoms. The maximum atomic E-state index is 4.14. The zero-order chi connectivity index (χ0) is 10.1. The number of thioether (sulfide) groups is 1. The predicted octanol–water partition coefficient (Wildman–Crippen LogP) is 2.03. The first-order chi connectivity index (χ1) is 6.93. The van der Waals surface area contributed by atoms with E-state index in [-0.39, 0.29) is 0 Å². The zero-order valence-corrected chi connectivity index (χ0v) is 9.57. The SMILES string of the molecule is CSCCCCCNCc1ncc[nH]1. The number of hydrogen-bond acceptors (Lipinski definition) is 3. The molecule has 2 N–H and O–H groups in total. The van der Waals surface area contributed by atoms with Crippen LogP contribution in [0.3, 0.4) is 0 Å². The van der Waals surface area contributed by atoms with Gasteiger partial charge in [0.05, 0.1) is 6.54 Å². The van der Waals surface area contributed by atoms with Crippen molar-refractivity contribution in [3.63, 3.8) is 0 Å². The van der Waals surface area contributed by atoms with Crippen molar-refractivity contribution in [2.75, 3.05) is 18.6 Å². The summed E-state index contributed by atoms with van der Waals surface area (Å²) in [6.07, 6.45) is 9.73. The topological polar surface area (TPSA) is 40.7 Å². The summed E-state index contributed by atoms with van der Waals surface area (Å²) in [5.74, 6) is 2.31. The molecule has 0 aliphatic carbocycles. The van der Waals surface area contributed by atoms with Crippen molar-refractivity contribution in [1.82, 2.24) is 15.3 Å². The van der Waals surface area contributed by atoms with Crippen LogP contribution < -0.4 is 5.32 Å². The average Bonchev–Trinajstić information content (AvgIpc) is 2.69. The number of nitrogens with zero attached hydrogens (tertiary/aromatic N) is 1. The molecule has 0 radical (unpaired) electrons. The van der Waals surface area contributed by atoms with Crippen LogP contribution >= 0.6 is 11.8 Å². The van der Waals surface area contributed by atoms with Crippen LogP contribution in [0, 0.1) is 0 Å². The second-order valence-corrected chi connectivity index (χ2v) is 4.25. The highest BCUT2D eigenvalue weighted by Gasteiger charge is 1.93. The highest BCUT2D eigenvalue weighted by atomic mass is 32.2. The van der Waals surface area contributed by atoms with Crippen LogP contribution in [0.5, 0.6) is 0 Å². The molecule has 3 nitrogen and oxygen atoms in total. The fourth-order valence-electron chi connectivity index (χ4n) is 1.27. The number of aromatic nitrogens is 2. The van der Waals surface area contributed by atoms with Crippen LogP contribution in [0.1, 0.15) is 25.1 Å². The van der Waals surface area contributed by atoms with E-state index in [2.05, 4.69) is 21.5 Å². The molecule has 1 heterocycles. The lowest BCUT2D eigenvalue weighted by Gasteiger charge is -2.02. The molecule has 0 bridgehead atoms. The number of hydrogen-bond donors (Lipinski definition) is 2. The van der Waals surface area contributed by atoms with E-state index in [1.54, 1.807) is 6.20 Å². The minimum Gasteiger partial charge on any atom is -0.348 e. The maximum absolute atomic E-state index is 4.14. The molecule has 0 aliphatic rings. The Morgan fingerprint density at radius 1 is 1.43 bits per heavy atom. The van der Waals surface area contributed by atoms with E-state index in [0.29, 0.717) is 0 Å². The number of rotatable bonds is 8. The lowest BCUT2D eigenvalue weighted by molar-refractivity contribution is 0.607. The van der Waals surface area contributed by atoms with Crippen LogP contribution in [0.15, 0.2) is 12.4 Å². The highest BCUT2D eigenvalue weighted by molar-refractivity contribution is 7.98. The van der Waals surface area contributed by atoms with Gasteiger partial charge in [0.2, 0.25) is 0 Å². The Hall–Kier alpha value is -0.480. The van der Waals surface area contributed by atoms with Gasteiger partial charge in [-0.3, -0.25) is 0 Å². The Morgan fingerprint density at radius 3 is 3.07 bits per heavy atom. The van der Waals surface area contributed by atoms with Crippen LogP contribution in [0.25, 0.3) is 0 Å². The van der Waals surface area contributed by atoms with E-state index in [1.807, 2.05) is 18.0 Å². The molecule has 0 aliphatic heterocycles. The first-order valence-corrected chi connectivity index (χ1v) is 6.51. The molecule has 0 unspecified atom stereocenters. The quantitative estimate of drug-likeness (QED) is 0.649. The van der Waals surface area contributed by atoms with Gasteiger partial charge in [-0.2, -0.15) is 11.8 Å². The number of imidazole rings is 1. The number of H-pyrrole nitrogens is 1. The molecule has 0 amide bonds. The Morgan fingerprint density at radius 2 is 2.36 bits per heavy atom. The summed E-state index contributed by atoms with van der Waals surface area (Å²) in [7, 11) is 0. The van der Waals surface area contributed by atoms with Gasteiger partial charge < -0.3 is 10.3 Å². The van der Waals surface area contributed by atoms with Crippen molar-refractivity contribution in [2.24, 2.45) is 0 Å². The van der Waals surface area contributed by atoms with Crippen molar-refractivity contribution in [3.05, 3.63) is 18.2 Å². The molecule has 0 aromatic carbocycles. The summed E-state index contributed by atoms with van der Waals surface area (Å²) >= 11 is 1.93. The summed E-state index contributed by atoms with van der Waals surface area (Å²) in [4.78, 5) is 7.21. The second kappa shape index (κ2) is 7.88. The molecule has 4 heteroatoms. The lowest BCUT2D eigenvalue weighted by atomic mass is 10.2. The summed E-state index contributed by atoms with van der Waals surface area (Å²) < 4.78 is 0. The highest BCUT2D eigenvalue weighted by Crippen LogP contribution is 2.01. The first-order valence-electron chi connectivity index (χ1n) is 5.11. The van der Waals surface area contributed by atoms with Gasteiger partial charge in [-0.05, 0) is 31.4 Å². The van der Waals surface area contributed by atoms with Crippen molar-refractivity contribution in [3.8, 4) is 0 Å². The van der Waals surface area contributed by atoms with E-state index >= 15 is 0 Å². The van der Waals surface area contributed by atoms with Crippen molar-refractivity contribution in [2.45, 2.75) is 25.8 Å². The van der Waals surface area contributed by atoms with Gasteiger partial charge in [0.1, 0.15) is 5.82 Å². The summed E-state index contributed by atoms with van der Waals surface area (Å²) in [5, 5.41) is 3.36. The van der Waals surface area contributed by atoms with Crippen molar-refractivity contribution in [1.29, 1.82) is 0 Å². The Bertz CT molecular complexity index is 211. The fourth-order valence-corrected chi connectivity index (χ4v) is 1.77. The summed E-state index contributed by atoms with van der Waals surface area (Å²) in [6.45, 7) is 1.95. The molecular weight excluding hydrogens is 194 g/mol. The normalized spacial score (nSPS) is 10.6. The van der Waals surface area contributed by atoms with Gasteiger partial charge in [0, 0.05) is 12.4 Å². The monoisotopic (exact) mass is 213 g/mol. The summed E-state index contributed by atoms with van der Waals surface area (Å²) in [6, 6.07) is 0. The van der Waals surface area contributed by atoms with Gasteiger partial charge in [-0.1, -0.05) is 6.42 Å². The van der Waals surface area contributed by atoms with Crippen LogP contribution in [-0.4, -0.2) is 28.5 Å². The predicted molar refractivity (Wildman–Crippen MR) is 62.5 cm³/mol. The minimum atomic E-state index is 0.857. The molecule has 1 rings (SSSR count). The van der Waals surface area contributed by atoms with Crippen LogP contribution in [-0.2, 0) is 6.54 Å². The molecular formula is C10H19N3S. The van der Waals surface area contributed by atoms with E-state index in [4.69, 9.17) is 0 Å². The number of nitrogens with one attached hydrogen (secondary N) is 2. The fraction of sp³-hybridized carbons (Fsp3) is 0.700. The summed E-state index contributed by atoms with van der Waals surface area (Å²) in [5.41, 5.74) is 0. The van der Waals surface area contributed by atoms with Crippen molar-refractivity contribution < 1.29 is 0 Å². The van der Waals surface area contributed by atoms with Crippen LogP contribution in [0.2, 0.25) is 0 Å². The van der Waals surface area contributed by atoms with Gasteiger partial charge in [0.15, 0.2) is 0 Å². The van der Waals surface area contributed by atoms with Crippen molar-refractivity contribution >= 4 is 11.8 Å². The number of unbranched alkanes of at least 4 members (excludes halogenated alkanes) is 2. The third-order valence-electron chi connectivity index (χ3n) is 2.05. The van der Waals surface area contributed by atoms with E-state index in [1.165, 1.54) is 25.0 Å². The zero-order valence-electron chi connectivity index (χ0n) is 8.75. The number of aromatic amines is 1. The van der Waals surface area contributed by atoms with Gasteiger partial charge >= 0.3 is 0 Å². The Balaban J connectivity index is 1.85. The molecule has 80 valence electrons. The molecule has 14 heavy (non-hydrogen) atoms. The lowest BCUT2D eigenvalue weighted by Crippen LogP contribution is -2.15. The average molecular weight is 213 g/mol. The molecule has 0 saturated carbocycles. The Labute approximate surface area is 90.1 Å². The second-order valence-electron chi connectivity index (χ2n) is 3.27. The smallest absolute Gasteiger partial charge is 0.120 e. The Kier molecular flexibility index (Phi) is 6.53. The molecule has 0 saturated heterocycles. The van der Waals surface area contributed by atoms with Crippen LogP contribution in [0.4, 0.5) is 0 Å². The van der Waals surface area contributed by atoms with E-state index in [0.717, 1.165) is 18.9 Å². The van der Waals surface area contributed by atoms with Gasteiger partial charge in [-0.25, -0.2) is 4.98 Å². The third kappa shape index (κ3) is 5.29. The van der Waals surface area contributed by atoms with Gasteiger partial charge in [-0.15, -0.1) is 0 Å². The van der Waals surface area contributed by atoms with E-state index in [9.17, 15) is 0 Å². The van der Waals surface area contributed by atoms with E-state index < -0.39 is 0 Å². The third-order valence-corrected chi connectivity index (χ3v) is 2.75. The maximum Gasteiger partial charge on any atom is 0.120 e. The first kappa shape index (κ1) is 11.6. The minimum absolute atomic E-state index is 0.857. The molecule has 1 aromatic rings. The molecule has 0 atom stereocenters. The molecule has 1 aromatic heterocycles. The standard InChI is InChI=1S/C10H19N3S/c1-14-8-4-2-3-5-11-9-10-12-6-7-13-10/h6-7,11H,2-5,8-9H2,1H3,(H,12,13). The largest absolute Gasteiger partial charge is 0.348 e. The molecule has 0 fully saturated rings. The van der Waals surface area contributed by atoms with Gasteiger partial charge in [0.25, 0.3) is 0 Å².